The van der Waals surface area contributed by atoms with Crippen LogP contribution >= 0.6 is 11.6 Å². The molecule has 25 heavy (non-hydrogen) atoms. The topological polar surface area (TPSA) is 35.0 Å². The van der Waals surface area contributed by atoms with E-state index in [1.165, 1.54) is 0 Å². The maximum atomic E-state index is 6.33. The molecule has 0 aliphatic rings. The number of nitrogens with zero attached hydrogens (tertiary/aromatic N) is 2. The van der Waals surface area contributed by atoms with Gasteiger partial charge in [-0.15, -0.1) is 0 Å². The fourth-order valence-electron chi connectivity index (χ4n) is 2.66. The number of benzene rings is 3. The fraction of sp³-hybridized carbons (Fsp3) is 0.0476. The number of para-hydroxylation sites is 2. The van der Waals surface area contributed by atoms with Crippen molar-refractivity contribution in [3.8, 4) is 23.0 Å². The minimum atomic E-state index is 0.523. The van der Waals surface area contributed by atoms with Crippen LogP contribution < -0.4 is 4.74 Å². The molecule has 0 aliphatic carbocycles. The van der Waals surface area contributed by atoms with Gasteiger partial charge in [0.25, 0.3) is 0 Å². The van der Waals surface area contributed by atoms with Crippen LogP contribution in [0, 0.1) is 6.92 Å². The van der Waals surface area contributed by atoms with Gasteiger partial charge in [0.1, 0.15) is 5.75 Å². The van der Waals surface area contributed by atoms with Gasteiger partial charge in [-0.25, -0.2) is 4.98 Å². The SMILES string of the molecule is Cc1ccccc1Oc1nc(-c2ccccc2Cl)nc2ccccc12. The number of hydrogen-bond donors (Lipinski definition) is 0. The fourth-order valence-corrected chi connectivity index (χ4v) is 2.88. The van der Waals surface area contributed by atoms with Crippen LogP contribution in [-0.2, 0) is 0 Å². The lowest BCUT2D eigenvalue weighted by atomic mass is 10.2. The molecule has 3 aromatic carbocycles. The zero-order valence-electron chi connectivity index (χ0n) is 13.6. The predicted octanol–water partition coefficient (Wildman–Crippen LogP) is 6.05. The summed E-state index contributed by atoms with van der Waals surface area (Å²) in [6.07, 6.45) is 0. The lowest BCUT2D eigenvalue weighted by molar-refractivity contribution is 0.465. The second-order valence-electron chi connectivity index (χ2n) is 5.72. The summed E-state index contributed by atoms with van der Waals surface area (Å²) in [6, 6.07) is 23.2. The summed E-state index contributed by atoms with van der Waals surface area (Å²) < 4.78 is 6.13. The second kappa shape index (κ2) is 6.54. The van der Waals surface area contributed by atoms with E-state index in [1.807, 2.05) is 79.7 Å². The lowest BCUT2D eigenvalue weighted by Gasteiger charge is -2.12. The Hall–Kier alpha value is -2.91. The summed E-state index contributed by atoms with van der Waals surface area (Å²) in [5, 5.41) is 1.47. The highest BCUT2D eigenvalue weighted by molar-refractivity contribution is 6.33. The number of ether oxygens (including phenoxy) is 1. The highest BCUT2D eigenvalue weighted by atomic mass is 35.5. The van der Waals surface area contributed by atoms with Gasteiger partial charge in [-0.3, -0.25) is 0 Å². The minimum Gasteiger partial charge on any atom is -0.438 e. The highest BCUT2D eigenvalue weighted by Crippen LogP contribution is 2.33. The molecule has 0 unspecified atom stereocenters. The predicted molar refractivity (Wildman–Crippen MR) is 101 cm³/mol. The first-order valence-electron chi connectivity index (χ1n) is 7.97. The largest absolute Gasteiger partial charge is 0.438 e. The molecule has 0 fully saturated rings. The van der Waals surface area contributed by atoms with Crippen LogP contribution in [0.25, 0.3) is 22.3 Å². The van der Waals surface area contributed by atoms with Gasteiger partial charge in [0.05, 0.1) is 15.9 Å². The third-order valence-electron chi connectivity index (χ3n) is 3.98. The van der Waals surface area contributed by atoms with Gasteiger partial charge in [0.15, 0.2) is 5.82 Å². The smallest absolute Gasteiger partial charge is 0.230 e. The average molecular weight is 347 g/mol. The van der Waals surface area contributed by atoms with Crippen molar-refractivity contribution in [2.24, 2.45) is 0 Å². The third-order valence-corrected chi connectivity index (χ3v) is 4.31. The maximum absolute atomic E-state index is 6.33. The van der Waals surface area contributed by atoms with E-state index < -0.39 is 0 Å². The van der Waals surface area contributed by atoms with E-state index in [0.29, 0.717) is 16.7 Å². The average Bonchev–Trinajstić information content (AvgIpc) is 2.64. The summed E-state index contributed by atoms with van der Waals surface area (Å²) in [5.74, 6) is 1.85. The normalized spacial score (nSPS) is 10.8. The van der Waals surface area contributed by atoms with Crippen molar-refractivity contribution >= 4 is 22.5 Å². The van der Waals surface area contributed by atoms with E-state index >= 15 is 0 Å². The Kier molecular flexibility index (Phi) is 4.08. The molecule has 0 saturated heterocycles. The van der Waals surface area contributed by atoms with Gasteiger partial charge in [-0.1, -0.05) is 54.1 Å². The molecule has 0 spiro atoms. The Bertz CT molecular complexity index is 1060. The van der Waals surface area contributed by atoms with E-state index in [2.05, 4.69) is 9.97 Å². The van der Waals surface area contributed by atoms with Crippen molar-refractivity contribution in [3.63, 3.8) is 0 Å². The monoisotopic (exact) mass is 346 g/mol. The van der Waals surface area contributed by atoms with Crippen molar-refractivity contribution in [1.82, 2.24) is 9.97 Å². The lowest BCUT2D eigenvalue weighted by Crippen LogP contribution is -1.97. The molecule has 0 radical (unpaired) electrons. The molecule has 0 atom stereocenters. The van der Waals surface area contributed by atoms with Crippen LogP contribution in [0.4, 0.5) is 0 Å². The van der Waals surface area contributed by atoms with Crippen molar-refractivity contribution in [2.45, 2.75) is 6.92 Å². The van der Waals surface area contributed by atoms with E-state index in [9.17, 15) is 0 Å². The van der Waals surface area contributed by atoms with Gasteiger partial charge in [0, 0.05) is 5.56 Å². The molecule has 0 saturated carbocycles. The Morgan fingerprint density at radius 1 is 0.800 bits per heavy atom. The molecule has 4 heteroatoms. The van der Waals surface area contributed by atoms with E-state index in [0.717, 1.165) is 27.8 Å². The van der Waals surface area contributed by atoms with Gasteiger partial charge in [-0.05, 0) is 42.8 Å². The Morgan fingerprint density at radius 3 is 2.36 bits per heavy atom. The van der Waals surface area contributed by atoms with Crippen LogP contribution in [0.2, 0.25) is 5.02 Å². The summed E-state index contributed by atoms with van der Waals surface area (Å²) in [7, 11) is 0. The first-order valence-corrected chi connectivity index (χ1v) is 8.35. The van der Waals surface area contributed by atoms with E-state index in [4.69, 9.17) is 16.3 Å². The van der Waals surface area contributed by atoms with Gasteiger partial charge >= 0.3 is 0 Å². The number of fused-ring (bicyclic) bond motifs is 1. The quantitative estimate of drug-likeness (QED) is 0.453. The van der Waals surface area contributed by atoms with Gasteiger partial charge < -0.3 is 4.74 Å². The first kappa shape index (κ1) is 15.6. The molecule has 0 aliphatic heterocycles. The molecular formula is C21H15ClN2O. The molecule has 0 bridgehead atoms. The third kappa shape index (κ3) is 3.06. The van der Waals surface area contributed by atoms with Crippen LogP contribution in [-0.4, -0.2) is 9.97 Å². The van der Waals surface area contributed by atoms with Crippen LogP contribution in [0.1, 0.15) is 5.56 Å². The Labute approximate surface area is 150 Å². The number of rotatable bonds is 3. The van der Waals surface area contributed by atoms with Crippen LogP contribution in [0.5, 0.6) is 11.6 Å². The minimum absolute atomic E-state index is 0.523. The van der Waals surface area contributed by atoms with Crippen LogP contribution in [0.15, 0.2) is 72.8 Å². The number of hydrogen-bond acceptors (Lipinski definition) is 3. The summed E-state index contributed by atoms with van der Waals surface area (Å²) in [6.45, 7) is 2.01. The van der Waals surface area contributed by atoms with Gasteiger partial charge in [-0.2, -0.15) is 4.98 Å². The highest BCUT2D eigenvalue weighted by Gasteiger charge is 2.13. The van der Waals surface area contributed by atoms with Gasteiger partial charge in [0.2, 0.25) is 5.88 Å². The molecule has 1 heterocycles. The van der Waals surface area contributed by atoms with Crippen molar-refractivity contribution < 1.29 is 4.74 Å². The Morgan fingerprint density at radius 2 is 1.52 bits per heavy atom. The molecule has 4 aromatic rings. The van der Waals surface area contributed by atoms with Crippen molar-refractivity contribution in [2.75, 3.05) is 0 Å². The molecule has 122 valence electrons. The summed E-state index contributed by atoms with van der Waals surface area (Å²) in [4.78, 5) is 9.31. The van der Waals surface area contributed by atoms with Crippen molar-refractivity contribution in [1.29, 1.82) is 0 Å². The maximum Gasteiger partial charge on any atom is 0.230 e. The number of halogens is 1. The molecule has 1 aromatic heterocycles. The van der Waals surface area contributed by atoms with E-state index in [1.54, 1.807) is 0 Å². The molecule has 4 rings (SSSR count). The van der Waals surface area contributed by atoms with E-state index in [-0.39, 0.29) is 0 Å². The zero-order valence-corrected chi connectivity index (χ0v) is 14.4. The molecule has 0 N–H and O–H groups in total. The summed E-state index contributed by atoms with van der Waals surface area (Å²) >= 11 is 6.33. The van der Waals surface area contributed by atoms with Crippen molar-refractivity contribution in [3.05, 3.63) is 83.4 Å². The van der Waals surface area contributed by atoms with Crippen LogP contribution in [0.3, 0.4) is 0 Å². The summed E-state index contributed by atoms with van der Waals surface area (Å²) in [5.41, 5.74) is 2.64. The molecular weight excluding hydrogens is 332 g/mol. The number of aryl methyl sites for hydroxylation is 1. The standard InChI is InChI=1S/C21H15ClN2O/c1-14-8-2-7-13-19(14)25-21-16-10-4-6-12-18(16)23-20(24-21)15-9-3-5-11-17(15)22/h2-13H,1H3. The second-order valence-corrected chi connectivity index (χ2v) is 6.12. The molecule has 3 nitrogen and oxygen atoms in total. The first-order chi connectivity index (χ1) is 12.2. The number of aromatic nitrogens is 2. The zero-order chi connectivity index (χ0) is 17.2. The molecule has 0 amide bonds. The Balaban J connectivity index is 1.91.